The fourth-order valence-corrected chi connectivity index (χ4v) is 2.89. The van der Waals surface area contributed by atoms with Crippen LogP contribution in [-0.4, -0.2) is 21.9 Å². The maximum atomic E-state index is 14.6. The lowest BCUT2D eigenvalue weighted by Crippen LogP contribution is -2.27. The number of aryl methyl sites for hydroxylation is 2. The van der Waals surface area contributed by atoms with Crippen LogP contribution in [0.1, 0.15) is 61.6 Å². The Morgan fingerprint density at radius 2 is 1.96 bits per heavy atom. The second kappa shape index (κ2) is 9.48. The molecule has 2 rings (SSSR count). The molecule has 0 aliphatic carbocycles. The Kier molecular flexibility index (Phi) is 7.31. The topological polar surface area (TPSA) is 92.9 Å². The van der Waals surface area contributed by atoms with Gasteiger partial charge in [0.25, 0.3) is 5.91 Å². The third-order valence-corrected chi connectivity index (χ3v) is 4.84. The standard InChI is InChI=1S/C21H30FN5O/c1-6-7-8-18(12(2)3)26-21-17(22)10-16(19(23)28)20(27-21)25-15-9-13(4)14(5)24-11-15/h9-12,18H,6-8H2,1-5H3,(H2,23,28)(H2,25,26,27)/t18-/m1/s1. The molecule has 152 valence electrons. The summed E-state index contributed by atoms with van der Waals surface area (Å²) in [5.74, 6) is -0.717. The molecule has 6 nitrogen and oxygen atoms in total. The van der Waals surface area contributed by atoms with Crippen molar-refractivity contribution in [2.24, 2.45) is 11.7 Å². The Balaban J connectivity index is 2.38. The minimum atomic E-state index is -0.747. The van der Waals surface area contributed by atoms with Crippen molar-refractivity contribution in [3.8, 4) is 0 Å². The van der Waals surface area contributed by atoms with Crippen LogP contribution in [0, 0.1) is 25.6 Å². The molecule has 0 radical (unpaired) electrons. The third-order valence-electron chi connectivity index (χ3n) is 4.84. The Bertz CT molecular complexity index is 838. The molecule has 2 aromatic heterocycles. The minimum absolute atomic E-state index is 0.00377. The molecular formula is C21H30FN5O. The predicted molar refractivity (Wildman–Crippen MR) is 111 cm³/mol. The van der Waals surface area contributed by atoms with Crippen LogP contribution in [0.15, 0.2) is 18.3 Å². The highest BCUT2D eigenvalue weighted by Gasteiger charge is 2.20. The molecule has 0 unspecified atom stereocenters. The molecule has 0 aliphatic heterocycles. The van der Waals surface area contributed by atoms with Crippen molar-refractivity contribution in [3.63, 3.8) is 0 Å². The van der Waals surface area contributed by atoms with Crippen molar-refractivity contribution in [1.29, 1.82) is 0 Å². The first-order valence-electron chi connectivity index (χ1n) is 9.70. The van der Waals surface area contributed by atoms with Gasteiger partial charge in [-0.3, -0.25) is 9.78 Å². The number of aromatic nitrogens is 2. The highest BCUT2D eigenvalue weighted by Crippen LogP contribution is 2.26. The first-order valence-corrected chi connectivity index (χ1v) is 9.70. The summed E-state index contributed by atoms with van der Waals surface area (Å²) >= 11 is 0. The lowest BCUT2D eigenvalue weighted by molar-refractivity contribution is 0.100. The van der Waals surface area contributed by atoms with Crippen LogP contribution in [0.4, 0.5) is 21.7 Å². The lowest BCUT2D eigenvalue weighted by atomic mass is 9.98. The normalized spacial score (nSPS) is 12.1. The number of hydrogen-bond acceptors (Lipinski definition) is 5. The summed E-state index contributed by atoms with van der Waals surface area (Å²) in [4.78, 5) is 20.5. The van der Waals surface area contributed by atoms with Crippen LogP contribution in [0.5, 0.6) is 0 Å². The second-order valence-corrected chi connectivity index (χ2v) is 7.47. The molecule has 2 heterocycles. The number of hydrogen-bond donors (Lipinski definition) is 3. The predicted octanol–water partition coefficient (Wildman–Crippen LogP) is 4.70. The van der Waals surface area contributed by atoms with Crippen molar-refractivity contribution in [1.82, 2.24) is 9.97 Å². The first-order chi connectivity index (χ1) is 13.2. The molecule has 7 heteroatoms. The molecule has 0 spiro atoms. The molecule has 2 aromatic rings. The number of carbonyl (C=O) groups excluding carboxylic acids is 1. The third kappa shape index (κ3) is 5.41. The summed E-state index contributed by atoms with van der Waals surface area (Å²) in [6, 6.07) is 3.10. The fraction of sp³-hybridized carbons (Fsp3) is 0.476. The van der Waals surface area contributed by atoms with Crippen molar-refractivity contribution < 1.29 is 9.18 Å². The van der Waals surface area contributed by atoms with E-state index in [0.717, 1.165) is 36.6 Å². The summed E-state index contributed by atoms with van der Waals surface area (Å²) in [7, 11) is 0. The smallest absolute Gasteiger partial charge is 0.252 e. The molecular weight excluding hydrogens is 357 g/mol. The van der Waals surface area contributed by atoms with Crippen molar-refractivity contribution in [2.45, 2.75) is 59.9 Å². The van der Waals surface area contributed by atoms with E-state index in [1.54, 1.807) is 6.20 Å². The zero-order chi connectivity index (χ0) is 20.8. The quantitative estimate of drug-likeness (QED) is 0.580. The number of anilines is 3. The number of nitrogens with two attached hydrogens (primary N) is 1. The Morgan fingerprint density at radius 3 is 2.54 bits per heavy atom. The van der Waals surface area contributed by atoms with Crippen molar-refractivity contribution in [3.05, 3.63) is 41.0 Å². The van der Waals surface area contributed by atoms with E-state index in [4.69, 9.17) is 5.73 Å². The van der Waals surface area contributed by atoms with Gasteiger partial charge in [0, 0.05) is 11.7 Å². The fourth-order valence-electron chi connectivity index (χ4n) is 2.89. The van der Waals surface area contributed by atoms with E-state index in [1.165, 1.54) is 0 Å². The van der Waals surface area contributed by atoms with Crippen LogP contribution in [0.2, 0.25) is 0 Å². The number of primary amides is 1. The van der Waals surface area contributed by atoms with Crippen LogP contribution in [0.25, 0.3) is 0 Å². The van der Waals surface area contributed by atoms with Gasteiger partial charge < -0.3 is 16.4 Å². The molecule has 4 N–H and O–H groups in total. The number of amides is 1. The minimum Gasteiger partial charge on any atom is -0.365 e. The number of nitrogens with one attached hydrogen (secondary N) is 2. The monoisotopic (exact) mass is 387 g/mol. The summed E-state index contributed by atoms with van der Waals surface area (Å²) < 4.78 is 14.6. The van der Waals surface area contributed by atoms with Gasteiger partial charge in [-0.25, -0.2) is 9.37 Å². The average Bonchev–Trinajstić information content (AvgIpc) is 2.63. The number of unbranched alkanes of at least 4 members (excludes halogenated alkanes) is 1. The Labute approximate surface area is 166 Å². The van der Waals surface area contributed by atoms with Crippen molar-refractivity contribution in [2.75, 3.05) is 10.6 Å². The lowest BCUT2D eigenvalue weighted by Gasteiger charge is -2.24. The molecule has 0 fully saturated rings. The van der Waals surface area contributed by atoms with E-state index in [9.17, 15) is 9.18 Å². The molecule has 0 aliphatic rings. The van der Waals surface area contributed by atoms with Gasteiger partial charge in [-0.1, -0.05) is 33.6 Å². The van der Waals surface area contributed by atoms with Crippen LogP contribution in [0.3, 0.4) is 0 Å². The van der Waals surface area contributed by atoms with E-state index in [-0.39, 0.29) is 23.2 Å². The van der Waals surface area contributed by atoms with Crippen molar-refractivity contribution >= 4 is 23.2 Å². The zero-order valence-corrected chi connectivity index (χ0v) is 17.3. The van der Waals surface area contributed by atoms with Crippen LogP contribution in [-0.2, 0) is 0 Å². The van der Waals surface area contributed by atoms with Gasteiger partial charge in [0.05, 0.1) is 17.4 Å². The molecule has 28 heavy (non-hydrogen) atoms. The maximum absolute atomic E-state index is 14.6. The SMILES string of the molecule is CCCC[C@@H](Nc1nc(Nc2cnc(C)c(C)c2)c(C(N)=O)cc1F)C(C)C. The molecule has 0 aromatic carbocycles. The zero-order valence-electron chi connectivity index (χ0n) is 17.3. The van der Waals surface area contributed by atoms with Crippen LogP contribution >= 0.6 is 0 Å². The van der Waals surface area contributed by atoms with Gasteiger partial charge in [0.15, 0.2) is 11.6 Å². The van der Waals surface area contributed by atoms with Gasteiger partial charge in [-0.15, -0.1) is 0 Å². The van der Waals surface area contributed by atoms with Gasteiger partial charge in [0.2, 0.25) is 0 Å². The Morgan fingerprint density at radius 1 is 1.25 bits per heavy atom. The van der Waals surface area contributed by atoms with E-state index in [0.29, 0.717) is 11.6 Å². The molecule has 0 saturated heterocycles. The summed E-state index contributed by atoms with van der Waals surface area (Å²) in [5, 5.41) is 6.25. The van der Waals surface area contributed by atoms with E-state index in [2.05, 4.69) is 41.4 Å². The van der Waals surface area contributed by atoms with Gasteiger partial charge in [-0.2, -0.15) is 0 Å². The number of pyridine rings is 2. The highest BCUT2D eigenvalue weighted by atomic mass is 19.1. The first kappa shape index (κ1) is 21.6. The van der Waals surface area contributed by atoms with E-state index in [1.807, 2.05) is 19.9 Å². The summed E-state index contributed by atoms with van der Waals surface area (Å²) in [5.41, 5.74) is 7.99. The largest absolute Gasteiger partial charge is 0.365 e. The average molecular weight is 388 g/mol. The van der Waals surface area contributed by atoms with Gasteiger partial charge in [0.1, 0.15) is 5.82 Å². The van der Waals surface area contributed by atoms with Gasteiger partial charge >= 0.3 is 0 Å². The maximum Gasteiger partial charge on any atom is 0.252 e. The molecule has 1 atom stereocenters. The molecule has 1 amide bonds. The summed E-state index contributed by atoms with van der Waals surface area (Å²) in [6.07, 6.45) is 4.66. The number of carbonyl (C=O) groups is 1. The van der Waals surface area contributed by atoms with Crippen LogP contribution < -0.4 is 16.4 Å². The van der Waals surface area contributed by atoms with Gasteiger partial charge in [-0.05, 0) is 43.9 Å². The number of rotatable bonds is 9. The number of halogens is 1. The van der Waals surface area contributed by atoms with E-state index < -0.39 is 11.7 Å². The molecule has 0 saturated carbocycles. The van der Waals surface area contributed by atoms with E-state index >= 15 is 0 Å². The number of nitrogens with zero attached hydrogens (tertiary/aromatic N) is 2. The second-order valence-electron chi connectivity index (χ2n) is 7.47. The Hall–Kier alpha value is -2.70. The summed E-state index contributed by atoms with van der Waals surface area (Å²) in [6.45, 7) is 10.1. The highest BCUT2D eigenvalue weighted by molar-refractivity contribution is 5.98. The molecule has 0 bridgehead atoms.